The van der Waals surface area contributed by atoms with E-state index in [9.17, 15) is 9.59 Å². The maximum atomic E-state index is 13.1. The maximum absolute atomic E-state index is 13.1. The summed E-state index contributed by atoms with van der Waals surface area (Å²) in [6.45, 7) is 6.39. The summed E-state index contributed by atoms with van der Waals surface area (Å²) < 4.78 is 12.6. The van der Waals surface area contributed by atoms with Crippen molar-refractivity contribution in [2.75, 3.05) is 18.5 Å². The minimum atomic E-state index is -0.368. The topological polar surface area (TPSA) is 111 Å². The van der Waals surface area contributed by atoms with E-state index in [1.165, 1.54) is 22.1 Å². The molecule has 170 valence electrons. The highest BCUT2D eigenvalue weighted by Crippen LogP contribution is 2.30. The number of nitrogens with one attached hydrogen (secondary N) is 2. The molecule has 0 fully saturated rings. The number of hydrogen-bond donors (Lipinski definition) is 2. The quantitative estimate of drug-likeness (QED) is 0.406. The molecule has 1 amide bonds. The van der Waals surface area contributed by atoms with Gasteiger partial charge in [-0.2, -0.15) is 9.78 Å². The molecule has 0 aliphatic heterocycles. The molecule has 0 saturated carbocycles. The fraction of sp³-hybridized carbons (Fsp3) is 0.217. The van der Waals surface area contributed by atoms with Gasteiger partial charge in [-0.05, 0) is 50.4 Å². The summed E-state index contributed by atoms with van der Waals surface area (Å²) >= 11 is 1.52. The fourth-order valence-corrected chi connectivity index (χ4v) is 3.90. The summed E-state index contributed by atoms with van der Waals surface area (Å²) in [7, 11) is 0. The van der Waals surface area contributed by atoms with Gasteiger partial charge in [0.2, 0.25) is 5.95 Å². The Kier molecular flexibility index (Phi) is 6.55. The van der Waals surface area contributed by atoms with E-state index in [4.69, 9.17) is 9.47 Å². The number of hydrogen-bond acceptors (Lipinski definition) is 7. The van der Waals surface area contributed by atoms with E-state index in [-0.39, 0.29) is 17.4 Å². The highest BCUT2D eigenvalue weighted by molar-refractivity contribution is 7.13. The number of carbonyl (C=O) groups is 1. The van der Waals surface area contributed by atoms with Gasteiger partial charge in [-0.15, -0.1) is 11.3 Å². The molecule has 0 aliphatic carbocycles. The highest BCUT2D eigenvalue weighted by atomic mass is 32.1. The standard InChI is InChI=1S/C23H23N5O4S/c1-4-31-17-9-8-15(12-18(17)32-5-2)22(30)25-20-13-16(19-7-6-10-33-19)27-28(20)23-24-14(3)11-21(29)26-23/h6-13H,4-5H2,1-3H3,(H,25,30)(H,24,26,29). The molecular formula is C23H23N5O4S. The van der Waals surface area contributed by atoms with Crippen LogP contribution in [0, 0.1) is 6.92 Å². The molecule has 0 atom stereocenters. The fourth-order valence-electron chi connectivity index (χ4n) is 3.22. The molecule has 3 aromatic heterocycles. The van der Waals surface area contributed by atoms with Crippen molar-refractivity contribution in [1.82, 2.24) is 19.7 Å². The molecule has 4 rings (SSSR count). The lowest BCUT2D eigenvalue weighted by Crippen LogP contribution is -2.19. The van der Waals surface area contributed by atoms with E-state index in [0.717, 1.165) is 4.88 Å². The van der Waals surface area contributed by atoms with E-state index in [1.807, 2.05) is 31.4 Å². The number of rotatable bonds is 8. The molecule has 2 N–H and O–H groups in total. The number of amides is 1. The number of thiophene rings is 1. The van der Waals surface area contributed by atoms with Crippen LogP contribution >= 0.6 is 11.3 Å². The van der Waals surface area contributed by atoms with Gasteiger partial charge in [0, 0.05) is 23.4 Å². The highest BCUT2D eigenvalue weighted by Gasteiger charge is 2.18. The van der Waals surface area contributed by atoms with Crippen LogP contribution in [-0.2, 0) is 0 Å². The first-order chi connectivity index (χ1) is 16.0. The van der Waals surface area contributed by atoms with Crippen molar-refractivity contribution >= 4 is 23.1 Å². The number of aromatic nitrogens is 4. The Balaban J connectivity index is 1.72. The lowest BCUT2D eigenvalue weighted by molar-refractivity contribution is 0.102. The Hall–Kier alpha value is -3.92. The third-order valence-electron chi connectivity index (χ3n) is 4.59. The van der Waals surface area contributed by atoms with Crippen molar-refractivity contribution in [1.29, 1.82) is 0 Å². The van der Waals surface area contributed by atoms with Crippen LogP contribution in [0.3, 0.4) is 0 Å². The van der Waals surface area contributed by atoms with Crippen LogP contribution in [0.1, 0.15) is 29.9 Å². The van der Waals surface area contributed by atoms with Crippen LogP contribution < -0.4 is 20.3 Å². The summed E-state index contributed by atoms with van der Waals surface area (Å²) in [6, 6.07) is 12.0. The first kappa shape index (κ1) is 22.3. The predicted molar refractivity (Wildman–Crippen MR) is 127 cm³/mol. The summed E-state index contributed by atoms with van der Waals surface area (Å²) in [5, 5.41) is 9.39. The molecule has 10 heteroatoms. The zero-order valence-corrected chi connectivity index (χ0v) is 19.2. The van der Waals surface area contributed by atoms with E-state index in [1.54, 1.807) is 31.2 Å². The van der Waals surface area contributed by atoms with Crippen molar-refractivity contribution < 1.29 is 14.3 Å². The Labute approximate surface area is 194 Å². The van der Waals surface area contributed by atoms with Gasteiger partial charge in [0.25, 0.3) is 11.5 Å². The first-order valence-electron chi connectivity index (χ1n) is 10.4. The lowest BCUT2D eigenvalue weighted by atomic mass is 10.2. The lowest BCUT2D eigenvalue weighted by Gasteiger charge is -2.13. The second-order valence-electron chi connectivity index (χ2n) is 7.00. The monoisotopic (exact) mass is 465 g/mol. The average molecular weight is 466 g/mol. The molecule has 3 heterocycles. The molecule has 4 aromatic rings. The van der Waals surface area contributed by atoms with Gasteiger partial charge in [-0.25, -0.2) is 4.98 Å². The van der Waals surface area contributed by atoms with Crippen LogP contribution in [-0.4, -0.2) is 38.9 Å². The Bertz CT molecular complexity index is 1330. The Morgan fingerprint density at radius 3 is 2.61 bits per heavy atom. The van der Waals surface area contributed by atoms with Crippen LogP contribution in [0.2, 0.25) is 0 Å². The maximum Gasteiger partial charge on any atom is 0.256 e. The Morgan fingerprint density at radius 2 is 1.91 bits per heavy atom. The normalized spacial score (nSPS) is 10.8. The minimum absolute atomic E-state index is 0.208. The molecule has 0 bridgehead atoms. The van der Waals surface area contributed by atoms with Gasteiger partial charge in [0.1, 0.15) is 11.5 Å². The van der Waals surface area contributed by atoms with Gasteiger partial charge in [-0.1, -0.05) is 6.07 Å². The SMILES string of the molecule is CCOc1ccc(C(=O)Nc2cc(-c3cccs3)nn2-c2nc(C)cc(=O)[nH]2)cc1OCC. The van der Waals surface area contributed by atoms with Crippen molar-refractivity contribution in [2.45, 2.75) is 20.8 Å². The second kappa shape index (κ2) is 9.70. The van der Waals surface area contributed by atoms with Crippen molar-refractivity contribution in [2.24, 2.45) is 0 Å². The molecule has 0 saturated heterocycles. The number of aromatic amines is 1. The van der Waals surface area contributed by atoms with Crippen molar-refractivity contribution in [3.05, 3.63) is 69.5 Å². The minimum Gasteiger partial charge on any atom is -0.490 e. The first-order valence-corrected chi connectivity index (χ1v) is 11.3. The average Bonchev–Trinajstić information content (AvgIpc) is 3.44. The summed E-state index contributed by atoms with van der Waals surface area (Å²) in [6.07, 6.45) is 0. The van der Waals surface area contributed by atoms with Crippen LogP contribution in [0.5, 0.6) is 11.5 Å². The number of H-pyrrole nitrogens is 1. The smallest absolute Gasteiger partial charge is 0.256 e. The molecule has 1 aromatic carbocycles. The van der Waals surface area contributed by atoms with Gasteiger partial charge in [-0.3, -0.25) is 14.6 Å². The number of nitrogens with zero attached hydrogens (tertiary/aromatic N) is 3. The van der Waals surface area contributed by atoms with Crippen LogP contribution in [0.15, 0.2) is 52.6 Å². The van der Waals surface area contributed by atoms with Crippen LogP contribution in [0.25, 0.3) is 16.5 Å². The number of carbonyl (C=O) groups excluding carboxylic acids is 1. The Morgan fingerprint density at radius 1 is 1.12 bits per heavy atom. The summed E-state index contributed by atoms with van der Waals surface area (Å²) in [5.74, 6) is 1.27. The third kappa shape index (κ3) is 4.96. The molecule has 9 nitrogen and oxygen atoms in total. The largest absolute Gasteiger partial charge is 0.490 e. The third-order valence-corrected chi connectivity index (χ3v) is 5.48. The summed E-state index contributed by atoms with van der Waals surface area (Å²) in [5.41, 5.74) is 1.26. The molecule has 0 radical (unpaired) electrons. The molecule has 0 aliphatic rings. The van der Waals surface area contributed by atoms with E-state index in [2.05, 4.69) is 20.4 Å². The molecule has 33 heavy (non-hydrogen) atoms. The number of ether oxygens (including phenoxy) is 2. The van der Waals surface area contributed by atoms with Gasteiger partial charge in [0.05, 0.1) is 18.1 Å². The van der Waals surface area contributed by atoms with E-state index in [0.29, 0.717) is 47.5 Å². The van der Waals surface area contributed by atoms with Gasteiger partial charge < -0.3 is 14.8 Å². The zero-order chi connectivity index (χ0) is 23.4. The number of benzene rings is 1. The predicted octanol–water partition coefficient (Wildman–Crippen LogP) is 4.04. The number of aryl methyl sites for hydroxylation is 1. The molecular weight excluding hydrogens is 442 g/mol. The van der Waals surface area contributed by atoms with E-state index < -0.39 is 0 Å². The van der Waals surface area contributed by atoms with Crippen LogP contribution in [0.4, 0.5) is 5.82 Å². The number of anilines is 1. The molecule has 0 spiro atoms. The second-order valence-corrected chi connectivity index (χ2v) is 7.94. The van der Waals surface area contributed by atoms with E-state index >= 15 is 0 Å². The zero-order valence-electron chi connectivity index (χ0n) is 18.4. The van der Waals surface area contributed by atoms with Gasteiger partial charge in [0.15, 0.2) is 11.5 Å². The van der Waals surface area contributed by atoms with Crippen molar-refractivity contribution in [3.8, 4) is 28.0 Å². The van der Waals surface area contributed by atoms with Gasteiger partial charge >= 0.3 is 0 Å². The molecule has 0 unspecified atom stereocenters. The summed E-state index contributed by atoms with van der Waals surface area (Å²) in [4.78, 5) is 33.1. The van der Waals surface area contributed by atoms with Crippen molar-refractivity contribution in [3.63, 3.8) is 0 Å².